The maximum absolute atomic E-state index is 5.60. The summed E-state index contributed by atoms with van der Waals surface area (Å²) < 4.78 is 6.59. The van der Waals surface area contributed by atoms with E-state index in [0.29, 0.717) is 0 Å². The van der Waals surface area contributed by atoms with Gasteiger partial charge in [-0.05, 0) is 59.2 Å². The molecule has 1 aromatic carbocycles. The zero-order chi connectivity index (χ0) is 14.4. The number of nitrogens with zero attached hydrogens (tertiary/aromatic N) is 1. The molecule has 0 aliphatic rings. The van der Waals surface area contributed by atoms with Gasteiger partial charge in [-0.1, -0.05) is 19.1 Å². The van der Waals surface area contributed by atoms with Crippen LogP contribution in [0.25, 0.3) is 0 Å². The SMILES string of the molecule is CCCOc1ccc(C(NC)c2ccc(Br)cn2)cc1. The van der Waals surface area contributed by atoms with Crippen molar-refractivity contribution in [2.45, 2.75) is 19.4 Å². The second kappa shape index (κ2) is 7.41. The quantitative estimate of drug-likeness (QED) is 0.868. The highest BCUT2D eigenvalue weighted by atomic mass is 79.9. The number of pyridine rings is 1. The van der Waals surface area contributed by atoms with Crippen LogP contribution in [0.5, 0.6) is 5.75 Å². The van der Waals surface area contributed by atoms with Gasteiger partial charge >= 0.3 is 0 Å². The van der Waals surface area contributed by atoms with E-state index in [1.54, 1.807) is 0 Å². The fraction of sp³-hybridized carbons (Fsp3) is 0.312. The van der Waals surface area contributed by atoms with Gasteiger partial charge in [-0.15, -0.1) is 0 Å². The Labute approximate surface area is 128 Å². The first-order valence-corrected chi connectivity index (χ1v) is 7.55. The Balaban J connectivity index is 2.17. The number of rotatable bonds is 6. The molecule has 4 heteroatoms. The minimum absolute atomic E-state index is 0.0864. The number of aromatic nitrogens is 1. The number of hydrogen-bond donors (Lipinski definition) is 1. The van der Waals surface area contributed by atoms with Gasteiger partial charge in [-0.25, -0.2) is 0 Å². The standard InChI is InChI=1S/C16H19BrN2O/c1-3-10-20-14-7-4-12(5-8-14)16(18-2)15-9-6-13(17)11-19-15/h4-9,11,16,18H,3,10H2,1-2H3. The van der Waals surface area contributed by atoms with E-state index in [1.807, 2.05) is 37.5 Å². The van der Waals surface area contributed by atoms with Crippen molar-refractivity contribution >= 4 is 15.9 Å². The topological polar surface area (TPSA) is 34.1 Å². The minimum atomic E-state index is 0.0864. The van der Waals surface area contributed by atoms with Crippen LogP contribution in [-0.4, -0.2) is 18.6 Å². The van der Waals surface area contributed by atoms with Crippen LogP contribution in [0.15, 0.2) is 47.1 Å². The summed E-state index contributed by atoms with van der Waals surface area (Å²) in [7, 11) is 1.94. The second-order valence-electron chi connectivity index (χ2n) is 4.54. The second-order valence-corrected chi connectivity index (χ2v) is 5.46. The zero-order valence-corrected chi connectivity index (χ0v) is 13.4. The zero-order valence-electron chi connectivity index (χ0n) is 11.8. The number of nitrogens with one attached hydrogen (secondary N) is 1. The van der Waals surface area contributed by atoms with Crippen LogP contribution in [0.3, 0.4) is 0 Å². The van der Waals surface area contributed by atoms with Gasteiger partial charge in [-0.2, -0.15) is 0 Å². The first-order valence-electron chi connectivity index (χ1n) is 6.76. The van der Waals surface area contributed by atoms with Gasteiger partial charge in [0.05, 0.1) is 18.3 Å². The molecule has 20 heavy (non-hydrogen) atoms. The fourth-order valence-electron chi connectivity index (χ4n) is 2.02. The molecule has 2 aromatic rings. The molecule has 1 unspecified atom stereocenters. The van der Waals surface area contributed by atoms with Gasteiger partial charge in [0, 0.05) is 10.7 Å². The van der Waals surface area contributed by atoms with Crippen molar-refractivity contribution in [1.82, 2.24) is 10.3 Å². The lowest BCUT2D eigenvalue weighted by molar-refractivity contribution is 0.317. The lowest BCUT2D eigenvalue weighted by Crippen LogP contribution is -2.18. The van der Waals surface area contributed by atoms with E-state index in [4.69, 9.17) is 4.74 Å². The molecule has 0 saturated heterocycles. The molecule has 0 aliphatic heterocycles. The third-order valence-corrected chi connectivity index (χ3v) is 3.49. The molecule has 0 radical (unpaired) electrons. The molecule has 0 saturated carbocycles. The van der Waals surface area contributed by atoms with E-state index < -0.39 is 0 Å². The predicted octanol–water partition coefficient (Wildman–Crippen LogP) is 3.94. The molecule has 0 aliphatic carbocycles. The lowest BCUT2D eigenvalue weighted by atomic mass is 10.0. The maximum Gasteiger partial charge on any atom is 0.119 e. The molecule has 2 rings (SSSR count). The summed E-state index contributed by atoms with van der Waals surface area (Å²) >= 11 is 3.41. The number of benzene rings is 1. The number of halogens is 1. The molecule has 1 N–H and O–H groups in total. The number of hydrogen-bond acceptors (Lipinski definition) is 3. The Morgan fingerprint density at radius 3 is 2.50 bits per heavy atom. The van der Waals surface area contributed by atoms with E-state index in [9.17, 15) is 0 Å². The minimum Gasteiger partial charge on any atom is -0.494 e. The largest absolute Gasteiger partial charge is 0.494 e. The Hall–Kier alpha value is -1.39. The van der Waals surface area contributed by atoms with Gasteiger partial charge < -0.3 is 10.1 Å². The molecular weight excluding hydrogens is 316 g/mol. The van der Waals surface area contributed by atoms with Gasteiger partial charge in [-0.3, -0.25) is 4.98 Å². The smallest absolute Gasteiger partial charge is 0.119 e. The molecule has 0 spiro atoms. The Morgan fingerprint density at radius 1 is 1.20 bits per heavy atom. The van der Waals surface area contributed by atoms with Crippen molar-refractivity contribution in [1.29, 1.82) is 0 Å². The van der Waals surface area contributed by atoms with Crippen LogP contribution in [-0.2, 0) is 0 Å². The molecule has 1 aromatic heterocycles. The van der Waals surface area contributed by atoms with Crippen molar-refractivity contribution in [3.8, 4) is 5.75 Å². The summed E-state index contributed by atoms with van der Waals surface area (Å²) in [4.78, 5) is 4.46. The van der Waals surface area contributed by atoms with Crippen molar-refractivity contribution in [2.24, 2.45) is 0 Å². The van der Waals surface area contributed by atoms with Crippen molar-refractivity contribution in [2.75, 3.05) is 13.7 Å². The fourth-order valence-corrected chi connectivity index (χ4v) is 2.25. The Morgan fingerprint density at radius 2 is 1.95 bits per heavy atom. The van der Waals surface area contributed by atoms with E-state index in [-0.39, 0.29) is 6.04 Å². The van der Waals surface area contributed by atoms with Crippen LogP contribution in [0.1, 0.15) is 30.6 Å². The van der Waals surface area contributed by atoms with Crippen LogP contribution in [0.2, 0.25) is 0 Å². The maximum atomic E-state index is 5.60. The number of ether oxygens (including phenoxy) is 1. The van der Waals surface area contributed by atoms with E-state index >= 15 is 0 Å². The van der Waals surface area contributed by atoms with Crippen LogP contribution >= 0.6 is 15.9 Å². The summed E-state index contributed by atoms with van der Waals surface area (Å²) in [6.45, 7) is 2.85. The normalized spacial score (nSPS) is 12.2. The third-order valence-electron chi connectivity index (χ3n) is 3.02. The van der Waals surface area contributed by atoms with Crippen molar-refractivity contribution < 1.29 is 4.74 Å². The lowest BCUT2D eigenvalue weighted by Gasteiger charge is -2.16. The van der Waals surface area contributed by atoms with E-state index in [0.717, 1.165) is 28.9 Å². The highest BCUT2D eigenvalue weighted by Crippen LogP contribution is 2.23. The summed E-state index contributed by atoms with van der Waals surface area (Å²) in [6, 6.07) is 12.3. The third kappa shape index (κ3) is 3.81. The molecule has 3 nitrogen and oxygen atoms in total. The van der Waals surface area contributed by atoms with Crippen LogP contribution < -0.4 is 10.1 Å². The highest BCUT2D eigenvalue weighted by Gasteiger charge is 2.13. The average Bonchev–Trinajstić information content (AvgIpc) is 2.49. The Kier molecular flexibility index (Phi) is 5.56. The van der Waals surface area contributed by atoms with Crippen LogP contribution in [0.4, 0.5) is 0 Å². The monoisotopic (exact) mass is 334 g/mol. The van der Waals surface area contributed by atoms with Gasteiger partial charge in [0.2, 0.25) is 0 Å². The van der Waals surface area contributed by atoms with Crippen molar-refractivity contribution in [3.63, 3.8) is 0 Å². The molecular formula is C16H19BrN2O. The van der Waals surface area contributed by atoms with Gasteiger partial charge in [0.15, 0.2) is 0 Å². The average molecular weight is 335 g/mol. The van der Waals surface area contributed by atoms with E-state index in [1.165, 1.54) is 5.56 Å². The first-order chi connectivity index (χ1) is 9.74. The summed E-state index contributed by atoms with van der Waals surface area (Å²) in [5.41, 5.74) is 2.17. The van der Waals surface area contributed by atoms with Gasteiger partial charge in [0.1, 0.15) is 5.75 Å². The summed E-state index contributed by atoms with van der Waals surface area (Å²) in [5.74, 6) is 0.911. The molecule has 0 bridgehead atoms. The highest BCUT2D eigenvalue weighted by molar-refractivity contribution is 9.10. The molecule has 106 valence electrons. The molecule has 1 atom stereocenters. The van der Waals surface area contributed by atoms with Crippen LogP contribution in [0, 0.1) is 0 Å². The summed E-state index contributed by atoms with van der Waals surface area (Å²) in [6.07, 6.45) is 2.84. The molecule has 0 amide bonds. The van der Waals surface area contributed by atoms with Crippen molar-refractivity contribution in [3.05, 3.63) is 58.3 Å². The molecule has 1 heterocycles. The first kappa shape index (κ1) is 15.0. The predicted molar refractivity (Wildman–Crippen MR) is 85.1 cm³/mol. The Bertz CT molecular complexity index is 525. The van der Waals surface area contributed by atoms with E-state index in [2.05, 4.69) is 45.3 Å². The molecule has 0 fully saturated rings. The summed E-state index contributed by atoms with van der Waals surface area (Å²) in [5, 5.41) is 3.30. The van der Waals surface area contributed by atoms with Gasteiger partial charge in [0.25, 0.3) is 0 Å².